The van der Waals surface area contributed by atoms with E-state index in [9.17, 15) is 27.2 Å². The molecule has 134 valence electrons. The van der Waals surface area contributed by atoms with Gasteiger partial charge < -0.3 is 20.9 Å². The molecule has 6 nitrogen and oxygen atoms in total. The van der Waals surface area contributed by atoms with Crippen LogP contribution in [0.1, 0.15) is 26.3 Å². The quantitative estimate of drug-likeness (QED) is 0.813. The van der Waals surface area contributed by atoms with Crippen LogP contribution in [0.3, 0.4) is 0 Å². The molecule has 1 atom stereocenters. The van der Waals surface area contributed by atoms with Crippen molar-refractivity contribution in [3.05, 3.63) is 29.6 Å². The highest BCUT2D eigenvalue weighted by Crippen LogP contribution is 2.43. The summed E-state index contributed by atoms with van der Waals surface area (Å²) >= 11 is 0. The first-order chi connectivity index (χ1) is 10.7. The fourth-order valence-electron chi connectivity index (χ4n) is 2.29. The fourth-order valence-corrected chi connectivity index (χ4v) is 2.29. The molecule has 0 aliphatic rings. The molecule has 0 saturated heterocycles. The number of carbonyl (C=O) groups is 2. The second-order valence-corrected chi connectivity index (χ2v) is 5.91. The van der Waals surface area contributed by atoms with Crippen LogP contribution in [-0.4, -0.2) is 18.4 Å². The molecule has 0 radical (unpaired) electrons. The largest absolute Gasteiger partial charge is 0.573 e. The van der Waals surface area contributed by atoms with E-state index >= 15 is 0 Å². The third-order valence-corrected chi connectivity index (χ3v) is 3.22. The summed E-state index contributed by atoms with van der Waals surface area (Å²) in [4.78, 5) is 23.2. The van der Waals surface area contributed by atoms with Gasteiger partial charge in [-0.2, -0.15) is 0 Å². The fraction of sp³-hybridized carbons (Fsp3) is 0.429. The highest BCUT2D eigenvalue weighted by atomic mass is 19.4. The lowest BCUT2D eigenvalue weighted by molar-refractivity contribution is -0.275. The molecule has 2 amide bonds. The maximum absolute atomic E-state index is 14.0. The Hall–Kier alpha value is -2.52. The molecule has 4 N–H and O–H groups in total. The van der Waals surface area contributed by atoms with Crippen molar-refractivity contribution in [1.82, 2.24) is 0 Å². The van der Waals surface area contributed by atoms with Gasteiger partial charge in [-0.15, -0.1) is 13.2 Å². The number of amides is 2. The molecule has 0 saturated carbocycles. The Balaban J connectivity index is 3.53. The van der Waals surface area contributed by atoms with Crippen molar-refractivity contribution < 1.29 is 36.6 Å². The lowest BCUT2D eigenvalue weighted by Crippen LogP contribution is -2.54. The molecule has 0 heterocycles. The number of carbonyl (C=O) groups excluding carboxylic acids is 2. The van der Waals surface area contributed by atoms with E-state index in [2.05, 4.69) is 4.74 Å². The van der Waals surface area contributed by atoms with Crippen molar-refractivity contribution in [3.63, 3.8) is 0 Å². The Labute approximate surface area is 134 Å². The molecule has 0 aliphatic carbocycles. The van der Waals surface area contributed by atoms with Gasteiger partial charge in [0, 0.05) is 11.0 Å². The first-order valence-corrected chi connectivity index (χ1v) is 6.55. The van der Waals surface area contributed by atoms with Gasteiger partial charge in [-0.3, -0.25) is 4.79 Å². The highest BCUT2D eigenvalue weighted by molar-refractivity contribution is 5.88. The molecular formula is C14H16F4N2O4. The third-order valence-electron chi connectivity index (χ3n) is 3.22. The van der Waals surface area contributed by atoms with Gasteiger partial charge in [-0.05, 0) is 12.1 Å². The number of alkyl halides is 3. The predicted octanol–water partition coefficient (Wildman–Crippen LogP) is 2.55. The van der Waals surface area contributed by atoms with E-state index in [4.69, 9.17) is 16.2 Å². The summed E-state index contributed by atoms with van der Waals surface area (Å²) in [6.45, 7) is 4.37. The molecule has 1 aromatic rings. The Morgan fingerprint density at radius 2 is 1.62 bits per heavy atom. The summed E-state index contributed by atoms with van der Waals surface area (Å²) < 4.78 is 58.9. The van der Waals surface area contributed by atoms with Crippen molar-refractivity contribution in [1.29, 1.82) is 0 Å². The van der Waals surface area contributed by atoms with Crippen molar-refractivity contribution in [2.24, 2.45) is 16.9 Å². The average molecular weight is 352 g/mol. The van der Waals surface area contributed by atoms with Crippen molar-refractivity contribution in [3.8, 4) is 5.75 Å². The summed E-state index contributed by atoms with van der Waals surface area (Å²) in [5, 5.41) is 0. The van der Waals surface area contributed by atoms with E-state index < -0.39 is 40.9 Å². The summed E-state index contributed by atoms with van der Waals surface area (Å²) in [6.07, 6.45) is -6.46. The van der Waals surface area contributed by atoms with Crippen LogP contribution in [-0.2, 0) is 15.1 Å². The van der Waals surface area contributed by atoms with Crippen LogP contribution in [0.25, 0.3) is 0 Å². The summed E-state index contributed by atoms with van der Waals surface area (Å²) in [6, 6.07) is 2.15. The van der Waals surface area contributed by atoms with Gasteiger partial charge in [0.15, 0.2) is 11.6 Å². The number of nitrogens with two attached hydrogens (primary N) is 2. The smallest absolute Gasteiger partial charge is 0.427 e. The van der Waals surface area contributed by atoms with Crippen LogP contribution in [0.2, 0.25) is 0 Å². The maximum Gasteiger partial charge on any atom is 0.573 e. The van der Waals surface area contributed by atoms with Crippen LogP contribution in [0, 0.1) is 11.2 Å². The van der Waals surface area contributed by atoms with Crippen molar-refractivity contribution >= 4 is 12.0 Å². The summed E-state index contributed by atoms with van der Waals surface area (Å²) in [5.41, 5.74) is 6.62. The number of hydrogen-bond acceptors (Lipinski definition) is 4. The SMILES string of the molecule is CC(C)(C)C(OC(N)=O)(C(N)=O)c1ccc(OC(F)(F)F)c(F)c1. The van der Waals surface area contributed by atoms with Crippen LogP contribution >= 0.6 is 0 Å². The summed E-state index contributed by atoms with van der Waals surface area (Å²) in [7, 11) is 0. The van der Waals surface area contributed by atoms with Gasteiger partial charge in [0.25, 0.3) is 5.91 Å². The first-order valence-electron chi connectivity index (χ1n) is 6.55. The minimum Gasteiger partial charge on any atom is -0.427 e. The number of ether oxygens (including phenoxy) is 2. The standard InChI is InChI=1S/C14H16F4N2O4/c1-12(2,3)13(10(19)21,24-11(20)22)7-4-5-9(8(15)6-7)23-14(16,17)18/h4-6H,1-3H3,(H2,19,21)(H2,20,22). The molecule has 24 heavy (non-hydrogen) atoms. The molecule has 1 rings (SSSR count). The molecule has 0 fully saturated rings. The number of rotatable bonds is 4. The second-order valence-electron chi connectivity index (χ2n) is 5.91. The Bertz CT molecular complexity index is 655. The van der Waals surface area contributed by atoms with Crippen LogP contribution in [0.4, 0.5) is 22.4 Å². The lowest BCUT2D eigenvalue weighted by atomic mass is 9.71. The number of primary amides is 2. The zero-order valence-electron chi connectivity index (χ0n) is 13.0. The predicted molar refractivity (Wildman–Crippen MR) is 74.1 cm³/mol. The van der Waals surface area contributed by atoms with Crippen molar-refractivity contribution in [2.75, 3.05) is 0 Å². The minimum absolute atomic E-state index is 0.284. The van der Waals surface area contributed by atoms with Gasteiger partial charge in [-0.1, -0.05) is 26.8 Å². The zero-order chi connectivity index (χ0) is 18.9. The molecule has 0 aromatic heterocycles. The lowest BCUT2D eigenvalue weighted by Gasteiger charge is -2.41. The Morgan fingerprint density at radius 3 is 1.96 bits per heavy atom. The maximum atomic E-state index is 14.0. The highest BCUT2D eigenvalue weighted by Gasteiger charge is 2.53. The number of benzene rings is 1. The van der Waals surface area contributed by atoms with Crippen LogP contribution in [0.5, 0.6) is 5.75 Å². The molecule has 1 unspecified atom stereocenters. The second kappa shape index (κ2) is 6.17. The number of hydrogen-bond donors (Lipinski definition) is 2. The van der Waals surface area contributed by atoms with Gasteiger partial charge in [0.2, 0.25) is 5.60 Å². The van der Waals surface area contributed by atoms with E-state index in [0.29, 0.717) is 12.1 Å². The average Bonchev–Trinajstić information content (AvgIpc) is 2.34. The van der Waals surface area contributed by atoms with E-state index in [1.165, 1.54) is 20.8 Å². The molecule has 0 spiro atoms. The Morgan fingerprint density at radius 1 is 1.08 bits per heavy atom. The monoisotopic (exact) mass is 352 g/mol. The topological polar surface area (TPSA) is 105 Å². The van der Waals surface area contributed by atoms with Crippen molar-refractivity contribution in [2.45, 2.75) is 32.7 Å². The van der Waals surface area contributed by atoms with E-state index in [1.54, 1.807) is 0 Å². The molecule has 1 aromatic carbocycles. The minimum atomic E-state index is -5.10. The molecular weight excluding hydrogens is 336 g/mol. The molecule has 0 aliphatic heterocycles. The third kappa shape index (κ3) is 3.87. The number of halogens is 4. The van der Waals surface area contributed by atoms with Gasteiger partial charge >= 0.3 is 12.5 Å². The Kier molecular flexibility index (Phi) is 5.02. The summed E-state index contributed by atoms with van der Waals surface area (Å²) in [5.74, 6) is -3.71. The zero-order valence-corrected chi connectivity index (χ0v) is 13.0. The van der Waals surface area contributed by atoms with Gasteiger partial charge in [0.1, 0.15) is 0 Å². The van der Waals surface area contributed by atoms with Gasteiger partial charge in [-0.25, -0.2) is 9.18 Å². The van der Waals surface area contributed by atoms with E-state index in [1.807, 2.05) is 0 Å². The normalized spacial score (nSPS) is 14.6. The first kappa shape index (κ1) is 19.5. The van der Waals surface area contributed by atoms with E-state index in [-0.39, 0.29) is 5.56 Å². The molecule has 0 bridgehead atoms. The van der Waals surface area contributed by atoms with E-state index in [0.717, 1.165) is 6.07 Å². The van der Waals surface area contributed by atoms with Gasteiger partial charge in [0.05, 0.1) is 0 Å². The van der Waals surface area contributed by atoms with Crippen LogP contribution < -0.4 is 16.2 Å². The van der Waals surface area contributed by atoms with Crippen LogP contribution in [0.15, 0.2) is 18.2 Å². The molecule has 10 heteroatoms.